The molecule has 0 bridgehead atoms. The Morgan fingerprint density at radius 1 is 1.41 bits per heavy atom. The lowest BCUT2D eigenvalue weighted by atomic mass is 10.2. The Morgan fingerprint density at radius 3 is 2.94 bits per heavy atom. The number of nitrogens with zero attached hydrogens (tertiary/aromatic N) is 2. The Labute approximate surface area is 105 Å². The first-order valence-corrected chi connectivity index (χ1v) is 6.48. The predicted octanol–water partition coefficient (Wildman–Crippen LogP) is 2.81. The maximum atomic E-state index is 5.85. The highest BCUT2D eigenvalue weighted by atomic mass is 32.2. The van der Waals surface area contributed by atoms with E-state index in [-0.39, 0.29) is 0 Å². The summed E-state index contributed by atoms with van der Waals surface area (Å²) in [5.41, 5.74) is 7.78. The zero-order chi connectivity index (χ0) is 12.3. The minimum absolute atomic E-state index is 0.685. The Kier molecular flexibility index (Phi) is 3.68. The third kappa shape index (κ3) is 2.79. The minimum Gasteiger partial charge on any atom is -0.398 e. The molecule has 0 fully saturated rings. The second-order valence-corrected chi connectivity index (χ2v) is 4.73. The normalized spacial score (nSPS) is 10.7. The first kappa shape index (κ1) is 12.0. The molecule has 0 aliphatic carbocycles. The van der Waals surface area contributed by atoms with Crippen molar-refractivity contribution in [2.75, 3.05) is 5.73 Å². The number of anilines is 1. The molecule has 2 rings (SSSR count). The fourth-order valence-electron chi connectivity index (χ4n) is 1.42. The molecule has 0 radical (unpaired) electrons. The van der Waals surface area contributed by atoms with E-state index < -0.39 is 0 Å². The summed E-state index contributed by atoms with van der Waals surface area (Å²) in [6.07, 6.45) is 0.773. The molecule has 0 saturated heterocycles. The Bertz CT molecular complexity index is 510. The summed E-state index contributed by atoms with van der Waals surface area (Å²) < 4.78 is 5.06. The lowest BCUT2D eigenvalue weighted by Gasteiger charge is -2.05. The zero-order valence-electron chi connectivity index (χ0n) is 9.93. The van der Waals surface area contributed by atoms with Crippen LogP contribution in [0.3, 0.4) is 0 Å². The summed E-state index contributed by atoms with van der Waals surface area (Å²) >= 11 is 1.67. The highest BCUT2D eigenvalue weighted by Crippen LogP contribution is 2.28. The van der Waals surface area contributed by atoms with Crippen molar-refractivity contribution < 1.29 is 4.52 Å². The van der Waals surface area contributed by atoms with Crippen molar-refractivity contribution in [3.63, 3.8) is 0 Å². The van der Waals surface area contributed by atoms with E-state index in [2.05, 4.69) is 16.2 Å². The summed E-state index contributed by atoms with van der Waals surface area (Å²) in [6.45, 7) is 4.01. The molecule has 2 N–H and O–H groups in total. The van der Waals surface area contributed by atoms with Gasteiger partial charge in [-0.05, 0) is 24.6 Å². The second-order valence-electron chi connectivity index (χ2n) is 3.72. The molecule has 0 spiro atoms. The summed E-state index contributed by atoms with van der Waals surface area (Å²) in [6, 6.07) is 5.92. The number of aryl methyl sites for hydroxylation is 1. The second kappa shape index (κ2) is 5.23. The van der Waals surface area contributed by atoms with E-state index in [0.717, 1.165) is 28.4 Å². The van der Waals surface area contributed by atoms with Crippen LogP contribution in [0.25, 0.3) is 0 Å². The van der Waals surface area contributed by atoms with Crippen LogP contribution in [0.4, 0.5) is 5.69 Å². The maximum absolute atomic E-state index is 5.85. The Balaban J connectivity index is 2.04. The molecule has 0 unspecified atom stereocenters. The molecule has 1 heterocycles. The maximum Gasteiger partial charge on any atom is 0.226 e. The summed E-state index contributed by atoms with van der Waals surface area (Å²) in [5, 5.41) is 3.92. The summed E-state index contributed by atoms with van der Waals surface area (Å²) in [7, 11) is 0. The number of nitrogens with two attached hydrogens (primary N) is 1. The van der Waals surface area contributed by atoms with Crippen LogP contribution in [0.5, 0.6) is 0 Å². The molecule has 17 heavy (non-hydrogen) atoms. The van der Waals surface area contributed by atoms with Crippen LogP contribution in [0.1, 0.15) is 24.2 Å². The van der Waals surface area contributed by atoms with Crippen LogP contribution in [0, 0.1) is 6.92 Å². The average Bonchev–Trinajstić information content (AvgIpc) is 2.79. The quantitative estimate of drug-likeness (QED) is 0.666. The van der Waals surface area contributed by atoms with Crippen LogP contribution < -0.4 is 5.73 Å². The van der Waals surface area contributed by atoms with Gasteiger partial charge in [0.1, 0.15) is 0 Å². The molecule has 0 atom stereocenters. The van der Waals surface area contributed by atoms with Gasteiger partial charge < -0.3 is 10.3 Å². The van der Waals surface area contributed by atoms with Gasteiger partial charge in [-0.3, -0.25) is 0 Å². The third-order valence-corrected chi connectivity index (χ3v) is 3.65. The number of hydrogen-bond acceptors (Lipinski definition) is 5. The molecule has 1 aromatic carbocycles. The van der Waals surface area contributed by atoms with Gasteiger partial charge in [-0.2, -0.15) is 4.98 Å². The van der Waals surface area contributed by atoms with Crippen molar-refractivity contribution in [2.45, 2.75) is 30.9 Å². The predicted molar refractivity (Wildman–Crippen MR) is 68.8 cm³/mol. The SMILES string of the molecule is CCc1nc(CSc2cccc(N)c2C)no1. The monoisotopic (exact) mass is 249 g/mol. The topological polar surface area (TPSA) is 64.9 Å². The number of hydrogen-bond donors (Lipinski definition) is 1. The van der Waals surface area contributed by atoms with Crippen molar-refractivity contribution >= 4 is 17.4 Å². The fraction of sp³-hybridized carbons (Fsp3) is 0.333. The molecular formula is C12H15N3OS. The van der Waals surface area contributed by atoms with Crippen molar-refractivity contribution in [3.05, 3.63) is 35.5 Å². The molecule has 5 heteroatoms. The van der Waals surface area contributed by atoms with Crippen molar-refractivity contribution in [2.24, 2.45) is 0 Å². The van der Waals surface area contributed by atoms with E-state index in [1.807, 2.05) is 26.0 Å². The number of aromatic nitrogens is 2. The van der Waals surface area contributed by atoms with Gasteiger partial charge in [0.25, 0.3) is 0 Å². The number of rotatable bonds is 4. The minimum atomic E-state index is 0.685. The van der Waals surface area contributed by atoms with Crippen LogP contribution >= 0.6 is 11.8 Å². The largest absolute Gasteiger partial charge is 0.398 e. The molecule has 0 aliphatic rings. The van der Waals surface area contributed by atoms with Gasteiger partial charge in [0.05, 0.1) is 5.75 Å². The van der Waals surface area contributed by atoms with E-state index >= 15 is 0 Å². The van der Waals surface area contributed by atoms with Crippen LogP contribution in [0.15, 0.2) is 27.6 Å². The molecule has 0 aliphatic heterocycles. The van der Waals surface area contributed by atoms with Gasteiger partial charge in [-0.25, -0.2) is 0 Å². The molecule has 0 saturated carbocycles. The number of benzene rings is 1. The molecular weight excluding hydrogens is 234 g/mol. The molecule has 2 aromatic rings. The lowest BCUT2D eigenvalue weighted by Crippen LogP contribution is -1.92. The van der Waals surface area contributed by atoms with Gasteiger partial charge in [-0.15, -0.1) is 11.8 Å². The van der Waals surface area contributed by atoms with Gasteiger partial charge in [0.15, 0.2) is 5.82 Å². The van der Waals surface area contributed by atoms with Gasteiger partial charge in [-0.1, -0.05) is 18.1 Å². The average molecular weight is 249 g/mol. The number of thioether (sulfide) groups is 1. The van der Waals surface area contributed by atoms with Crippen LogP contribution in [-0.4, -0.2) is 10.1 Å². The Morgan fingerprint density at radius 2 is 2.24 bits per heavy atom. The lowest BCUT2D eigenvalue weighted by molar-refractivity contribution is 0.378. The van der Waals surface area contributed by atoms with E-state index in [0.29, 0.717) is 11.6 Å². The van der Waals surface area contributed by atoms with Crippen molar-refractivity contribution in [1.82, 2.24) is 10.1 Å². The van der Waals surface area contributed by atoms with E-state index in [4.69, 9.17) is 10.3 Å². The van der Waals surface area contributed by atoms with Gasteiger partial charge in [0.2, 0.25) is 5.89 Å². The number of nitrogen functional groups attached to an aromatic ring is 1. The van der Waals surface area contributed by atoms with Gasteiger partial charge in [0, 0.05) is 17.0 Å². The zero-order valence-corrected chi connectivity index (χ0v) is 10.8. The first-order valence-electron chi connectivity index (χ1n) is 5.50. The first-order chi connectivity index (χ1) is 8.20. The Hall–Kier alpha value is -1.49. The molecule has 4 nitrogen and oxygen atoms in total. The van der Waals surface area contributed by atoms with E-state index in [1.54, 1.807) is 11.8 Å². The fourth-order valence-corrected chi connectivity index (χ4v) is 2.33. The van der Waals surface area contributed by atoms with E-state index in [9.17, 15) is 0 Å². The van der Waals surface area contributed by atoms with Crippen molar-refractivity contribution in [1.29, 1.82) is 0 Å². The highest BCUT2D eigenvalue weighted by Gasteiger charge is 2.07. The van der Waals surface area contributed by atoms with Gasteiger partial charge >= 0.3 is 0 Å². The van der Waals surface area contributed by atoms with Crippen molar-refractivity contribution in [3.8, 4) is 0 Å². The molecule has 0 amide bonds. The summed E-state index contributed by atoms with van der Waals surface area (Å²) in [4.78, 5) is 5.43. The third-order valence-electron chi connectivity index (χ3n) is 2.50. The summed E-state index contributed by atoms with van der Waals surface area (Å²) in [5.74, 6) is 2.12. The van der Waals surface area contributed by atoms with Crippen LogP contribution in [-0.2, 0) is 12.2 Å². The van der Waals surface area contributed by atoms with E-state index in [1.165, 1.54) is 0 Å². The molecule has 90 valence electrons. The van der Waals surface area contributed by atoms with Crippen LogP contribution in [0.2, 0.25) is 0 Å². The molecule has 1 aromatic heterocycles. The smallest absolute Gasteiger partial charge is 0.226 e. The standard InChI is InChI=1S/C12H15N3OS/c1-3-12-14-11(15-16-12)7-17-10-6-4-5-9(13)8(10)2/h4-6H,3,7,13H2,1-2H3. The highest BCUT2D eigenvalue weighted by molar-refractivity contribution is 7.98.